The molecule has 1 aromatic rings. The molecule has 1 N–H and O–H groups in total. The van der Waals surface area contributed by atoms with Crippen LogP contribution in [0.4, 0.5) is 0 Å². The molecule has 5 nitrogen and oxygen atoms in total. The molecular formula is C11H17IN2O3. The minimum atomic E-state index is -0.610. The van der Waals surface area contributed by atoms with Crippen molar-refractivity contribution in [1.29, 1.82) is 0 Å². The largest absolute Gasteiger partial charge is 0.378 e. The van der Waals surface area contributed by atoms with E-state index in [4.69, 9.17) is 9.47 Å². The number of ether oxygens (including phenoxy) is 2. The lowest BCUT2D eigenvalue weighted by Gasteiger charge is -2.24. The topological polar surface area (TPSA) is 64.2 Å². The Bertz CT molecular complexity index is 443. The SMILES string of the molecule is CCOC(C)(C)c1nc(COC)c(I)c(=O)[nH]1. The molecule has 1 rings (SSSR count). The Balaban J connectivity index is 3.22. The smallest absolute Gasteiger partial charge is 0.264 e. The second-order valence-electron chi connectivity index (χ2n) is 4.05. The van der Waals surface area contributed by atoms with Crippen LogP contribution in [0.15, 0.2) is 4.79 Å². The summed E-state index contributed by atoms with van der Waals surface area (Å²) < 4.78 is 11.2. The van der Waals surface area contributed by atoms with Crippen molar-refractivity contribution in [2.45, 2.75) is 33.0 Å². The predicted molar refractivity (Wildman–Crippen MR) is 72.9 cm³/mol. The second kappa shape index (κ2) is 5.92. The highest BCUT2D eigenvalue weighted by Gasteiger charge is 2.25. The van der Waals surface area contributed by atoms with Gasteiger partial charge < -0.3 is 14.5 Å². The standard InChI is InChI=1S/C11H17IN2O3/c1-5-17-11(2,3)10-13-7(6-16-4)8(12)9(15)14-10/h5-6H2,1-4H3,(H,13,14,15). The molecule has 0 saturated heterocycles. The van der Waals surface area contributed by atoms with Crippen LogP contribution in [-0.4, -0.2) is 23.7 Å². The van der Waals surface area contributed by atoms with Gasteiger partial charge in [-0.05, 0) is 43.4 Å². The van der Waals surface area contributed by atoms with Crippen LogP contribution >= 0.6 is 22.6 Å². The van der Waals surface area contributed by atoms with E-state index in [0.717, 1.165) is 0 Å². The van der Waals surface area contributed by atoms with Crippen LogP contribution in [-0.2, 0) is 21.7 Å². The molecule has 0 bridgehead atoms. The van der Waals surface area contributed by atoms with Crippen molar-refractivity contribution in [2.24, 2.45) is 0 Å². The monoisotopic (exact) mass is 352 g/mol. The zero-order valence-corrected chi connectivity index (χ0v) is 12.6. The molecule has 0 radical (unpaired) electrons. The van der Waals surface area contributed by atoms with Crippen LogP contribution in [0.5, 0.6) is 0 Å². The highest BCUT2D eigenvalue weighted by molar-refractivity contribution is 14.1. The number of aromatic amines is 1. The number of nitrogens with zero attached hydrogens (tertiary/aromatic N) is 1. The van der Waals surface area contributed by atoms with E-state index < -0.39 is 5.60 Å². The van der Waals surface area contributed by atoms with Crippen LogP contribution in [0, 0.1) is 3.57 Å². The van der Waals surface area contributed by atoms with Gasteiger partial charge in [0.2, 0.25) is 0 Å². The first-order valence-corrected chi connectivity index (χ1v) is 6.42. The Morgan fingerprint density at radius 2 is 2.12 bits per heavy atom. The molecular weight excluding hydrogens is 335 g/mol. The summed E-state index contributed by atoms with van der Waals surface area (Å²) >= 11 is 1.97. The average Bonchev–Trinajstić information content (AvgIpc) is 2.24. The van der Waals surface area contributed by atoms with E-state index >= 15 is 0 Å². The molecule has 0 amide bonds. The molecule has 0 aliphatic rings. The quantitative estimate of drug-likeness (QED) is 0.821. The fourth-order valence-corrected chi connectivity index (χ4v) is 1.86. The number of hydrogen-bond acceptors (Lipinski definition) is 4. The molecule has 0 spiro atoms. The van der Waals surface area contributed by atoms with Gasteiger partial charge in [-0.25, -0.2) is 4.98 Å². The van der Waals surface area contributed by atoms with Crippen LogP contribution in [0.3, 0.4) is 0 Å². The maximum absolute atomic E-state index is 11.8. The van der Waals surface area contributed by atoms with Crippen LogP contribution in [0.25, 0.3) is 0 Å². The van der Waals surface area contributed by atoms with E-state index in [0.29, 0.717) is 28.3 Å². The van der Waals surface area contributed by atoms with Crippen molar-refractivity contribution in [2.75, 3.05) is 13.7 Å². The number of H-pyrrole nitrogens is 1. The Labute approximate surface area is 114 Å². The predicted octanol–water partition coefficient (Wildman–Crippen LogP) is 1.79. The number of methoxy groups -OCH3 is 1. The van der Waals surface area contributed by atoms with Gasteiger partial charge in [0.25, 0.3) is 5.56 Å². The van der Waals surface area contributed by atoms with Gasteiger partial charge in [0.15, 0.2) is 0 Å². The fourth-order valence-electron chi connectivity index (χ4n) is 1.45. The summed E-state index contributed by atoms with van der Waals surface area (Å²) in [6.45, 7) is 6.53. The van der Waals surface area contributed by atoms with Crippen LogP contribution in [0.2, 0.25) is 0 Å². The van der Waals surface area contributed by atoms with Gasteiger partial charge in [-0.2, -0.15) is 0 Å². The molecule has 0 atom stereocenters. The molecule has 17 heavy (non-hydrogen) atoms. The maximum atomic E-state index is 11.8. The van der Waals surface area contributed by atoms with Crippen LogP contribution in [0.1, 0.15) is 32.3 Å². The molecule has 0 aliphatic carbocycles. The Hall–Kier alpha value is -0.470. The summed E-state index contributed by atoms with van der Waals surface area (Å²) in [5.41, 5.74) is -0.129. The van der Waals surface area contributed by atoms with E-state index in [1.807, 2.05) is 43.4 Å². The zero-order valence-electron chi connectivity index (χ0n) is 10.5. The van der Waals surface area contributed by atoms with Gasteiger partial charge in [0.05, 0.1) is 12.3 Å². The summed E-state index contributed by atoms with van der Waals surface area (Å²) in [4.78, 5) is 18.9. The Morgan fingerprint density at radius 3 is 2.65 bits per heavy atom. The van der Waals surface area contributed by atoms with Crippen molar-refractivity contribution in [3.8, 4) is 0 Å². The van der Waals surface area contributed by atoms with Gasteiger partial charge in [0.1, 0.15) is 15.0 Å². The molecule has 0 aliphatic heterocycles. The summed E-state index contributed by atoms with van der Waals surface area (Å²) in [5, 5.41) is 0. The van der Waals surface area contributed by atoms with E-state index in [9.17, 15) is 4.79 Å². The van der Waals surface area contributed by atoms with Crippen LogP contribution < -0.4 is 5.56 Å². The number of nitrogens with one attached hydrogen (secondary N) is 1. The molecule has 0 saturated carbocycles. The first kappa shape index (κ1) is 14.6. The highest BCUT2D eigenvalue weighted by atomic mass is 127. The molecule has 1 aromatic heterocycles. The minimum absolute atomic E-state index is 0.157. The Morgan fingerprint density at radius 1 is 1.47 bits per heavy atom. The summed E-state index contributed by atoms with van der Waals surface area (Å²) in [6, 6.07) is 0. The van der Waals surface area contributed by atoms with Gasteiger partial charge in [-0.1, -0.05) is 0 Å². The molecule has 0 unspecified atom stereocenters. The highest BCUT2D eigenvalue weighted by Crippen LogP contribution is 2.21. The number of halogens is 1. The number of aromatic nitrogens is 2. The summed E-state index contributed by atoms with van der Waals surface area (Å²) in [7, 11) is 1.58. The first-order valence-electron chi connectivity index (χ1n) is 5.34. The second-order valence-corrected chi connectivity index (χ2v) is 5.13. The molecule has 96 valence electrons. The van der Waals surface area contributed by atoms with E-state index in [1.54, 1.807) is 7.11 Å². The van der Waals surface area contributed by atoms with E-state index in [-0.39, 0.29) is 5.56 Å². The normalized spacial score (nSPS) is 11.8. The van der Waals surface area contributed by atoms with Crippen molar-refractivity contribution >= 4 is 22.6 Å². The average molecular weight is 352 g/mol. The van der Waals surface area contributed by atoms with E-state index in [1.165, 1.54) is 0 Å². The maximum Gasteiger partial charge on any atom is 0.264 e. The van der Waals surface area contributed by atoms with Crippen molar-refractivity contribution < 1.29 is 9.47 Å². The third kappa shape index (κ3) is 3.49. The lowest BCUT2D eigenvalue weighted by Crippen LogP contribution is -2.30. The summed E-state index contributed by atoms with van der Waals surface area (Å²) in [6.07, 6.45) is 0. The first-order chi connectivity index (χ1) is 7.92. The Kier molecular flexibility index (Phi) is 5.08. The zero-order chi connectivity index (χ0) is 13.1. The van der Waals surface area contributed by atoms with Gasteiger partial charge in [0, 0.05) is 13.7 Å². The third-order valence-corrected chi connectivity index (χ3v) is 3.40. The van der Waals surface area contributed by atoms with Crippen molar-refractivity contribution in [3.05, 3.63) is 25.4 Å². The molecule has 0 aromatic carbocycles. The molecule has 6 heteroatoms. The van der Waals surface area contributed by atoms with Gasteiger partial charge in [-0.3, -0.25) is 4.79 Å². The fraction of sp³-hybridized carbons (Fsp3) is 0.636. The summed E-state index contributed by atoms with van der Waals surface area (Å²) in [5.74, 6) is 0.525. The molecule has 1 heterocycles. The minimum Gasteiger partial charge on any atom is -0.378 e. The van der Waals surface area contributed by atoms with Gasteiger partial charge >= 0.3 is 0 Å². The lowest BCUT2D eigenvalue weighted by atomic mass is 10.1. The van der Waals surface area contributed by atoms with E-state index in [2.05, 4.69) is 9.97 Å². The lowest BCUT2D eigenvalue weighted by molar-refractivity contribution is -0.0214. The molecule has 0 fully saturated rings. The van der Waals surface area contributed by atoms with Gasteiger partial charge in [-0.15, -0.1) is 0 Å². The van der Waals surface area contributed by atoms with Crippen molar-refractivity contribution in [3.63, 3.8) is 0 Å². The van der Waals surface area contributed by atoms with Crippen molar-refractivity contribution in [1.82, 2.24) is 9.97 Å². The number of rotatable bonds is 5. The number of hydrogen-bond donors (Lipinski definition) is 1. The third-order valence-electron chi connectivity index (χ3n) is 2.29.